The number of carbonyl (C=O) groups excluding carboxylic acids is 3. The number of nitrogens with zero attached hydrogens (tertiary/aromatic N) is 2. The summed E-state index contributed by atoms with van der Waals surface area (Å²) in [4.78, 5) is 40.5. The van der Waals surface area contributed by atoms with Crippen molar-refractivity contribution in [2.45, 2.75) is 19.0 Å². The number of benzene rings is 3. The quantitative estimate of drug-likeness (QED) is 0.399. The van der Waals surface area contributed by atoms with Crippen LogP contribution in [0.1, 0.15) is 22.3 Å². The minimum atomic E-state index is -1.01. The predicted molar refractivity (Wildman–Crippen MR) is 142 cm³/mol. The molecule has 1 heterocycles. The highest BCUT2D eigenvalue weighted by atomic mass is 79.9. The van der Waals surface area contributed by atoms with Crippen LogP contribution in [0.15, 0.2) is 83.3 Å². The second-order valence-corrected chi connectivity index (χ2v) is 9.51. The lowest BCUT2D eigenvalue weighted by Gasteiger charge is -2.24. The molecule has 3 aromatic carbocycles. The van der Waals surface area contributed by atoms with Gasteiger partial charge in [0.2, 0.25) is 5.91 Å². The molecule has 1 atom stereocenters. The molecule has 2 N–H and O–H groups in total. The number of carbonyl (C=O) groups is 3. The highest BCUT2D eigenvalue weighted by Gasteiger charge is 2.44. The molecule has 0 aliphatic carbocycles. The number of halogens is 2. The van der Waals surface area contributed by atoms with Gasteiger partial charge in [0.15, 0.2) is 5.11 Å². The van der Waals surface area contributed by atoms with E-state index in [1.54, 1.807) is 48.5 Å². The Kier molecular flexibility index (Phi) is 7.80. The summed E-state index contributed by atoms with van der Waals surface area (Å²) >= 11 is 14.9. The van der Waals surface area contributed by atoms with Crippen LogP contribution in [0.4, 0.5) is 5.69 Å². The Morgan fingerprint density at radius 2 is 1.71 bits per heavy atom. The van der Waals surface area contributed by atoms with Crippen LogP contribution >= 0.6 is 39.7 Å². The van der Waals surface area contributed by atoms with E-state index in [4.69, 9.17) is 23.8 Å². The van der Waals surface area contributed by atoms with Gasteiger partial charge in [-0.3, -0.25) is 24.7 Å². The molecule has 0 spiro atoms. The monoisotopic (exact) mass is 570 g/mol. The zero-order valence-corrected chi connectivity index (χ0v) is 21.4. The Balaban J connectivity index is 1.56. The van der Waals surface area contributed by atoms with Gasteiger partial charge in [-0.1, -0.05) is 63.9 Å². The minimum absolute atomic E-state index is 0.116. The van der Waals surface area contributed by atoms with Crippen LogP contribution in [0.5, 0.6) is 0 Å². The molecule has 1 fully saturated rings. The third-order valence-electron chi connectivity index (χ3n) is 5.30. The zero-order valence-electron chi connectivity index (χ0n) is 18.3. The molecule has 35 heavy (non-hydrogen) atoms. The molecule has 10 heteroatoms. The summed E-state index contributed by atoms with van der Waals surface area (Å²) in [5, 5.41) is 4.62. The number of anilines is 1. The van der Waals surface area contributed by atoms with Crippen molar-refractivity contribution in [3.63, 3.8) is 0 Å². The van der Waals surface area contributed by atoms with Gasteiger partial charge in [-0.25, -0.2) is 5.01 Å². The predicted octanol–water partition coefficient (Wildman–Crippen LogP) is 4.77. The average Bonchev–Trinajstić information content (AvgIpc) is 3.04. The molecule has 1 unspecified atom stereocenters. The van der Waals surface area contributed by atoms with E-state index < -0.39 is 17.9 Å². The summed E-state index contributed by atoms with van der Waals surface area (Å²) in [6.07, 6.45) is -0.225. The van der Waals surface area contributed by atoms with Crippen molar-refractivity contribution in [2.24, 2.45) is 0 Å². The van der Waals surface area contributed by atoms with Gasteiger partial charge < -0.3 is 5.32 Å². The molecule has 4 rings (SSSR count). The Labute approximate surface area is 221 Å². The lowest BCUT2D eigenvalue weighted by Crippen LogP contribution is -2.49. The normalized spacial score (nSPS) is 15.3. The van der Waals surface area contributed by atoms with Gasteiger partial charge in [-0.2, -0.15) is 0 Å². The third kappa shape index (κ3) is 6.05. The second-order valence-electron chi connectivity index (χ2n) is 7.79. The lowest BCUT2D eigenvalue weighted by molar-refractivity contribution is -0.131. The molecule has 3 amide bonds. The van der Waals surface area contributed by atoms with Gasteiger partial charge in [0.05, 0.1) is 13.0 Å². The third-order valence-corrected chi connectivity index (χ3v) is 6.48. The van der Waals surface area contributed by atoms with E-state index in [0.29, 0.717) is 16.3 Å². The number of thiocarbonyl (C=S) groups is 1. The molecule has 1 aliphatic heterocycles. The minimum Gasteiger partial charge on any atom is -0.326 e. The number of rotatable bonds is 7. The molecule has 7 nitrogen and oxygen atoms in total. The number of amides is 3. The molecular weight excluding hydrogens is 552 g/mol. The Morgan fingerprint density at radius 3 is 2.40 bits per heavy atom. The van der Waals surface area contributed by atoms with Crippen LogP contribution in [0.25, 0.3) is 0 Å². The molecule has 3 aromatic rings. The van der Waals surface area contributed by atoms with E-state index in [-0.39, 0.29) is 24.0 Å². The standard InChI is InChI=1S/C25H20BrClN4O3S/c26-18-11-9-17(10-12-18)23(33)29-31-21(14-22(32)28-20-8-4-7-19(27)13-20)24(34)30(25(31)35)15-16-5-2-1-3-6-16/h1-13,21H,14-15H2,(H,28,32)(H,29,33). The van der Waals surface area contributed by atoms with Crippen LogP contribution in [0.3, 0.4) is 0 Å². The molecule has 178 valence electrons. The van der Waals surface area contributed by atoms with E-state index in [0.717, 1.165) is 10.0 Å². The Hall–Kier alpha value is -3.27. The van der Waals surface area contributed by atoms with Crippen LogP contribution < -0.4 is 10.7 Å². The van der Waals surface area contributed by atoms with Gasteiger partial charge in [-0.15, -0.1) is 0 Å². The fourth-order valence-electron chi connectivity index (χ4n) is 3.59. The second kappa shape index (κ2) is 11.0. The van der Waals surface area contributed by atoms with E-state index in [1.165, 1.54) is 9.91 Å². The number of hydrogen-bond donors (Lipinski definition) is 2. The van der Waals surface area contributed by atoms with Crippen LogP contribution in [-0.2, 0) is 16.1 Å². The molecule has 0 aromatic heterocycles. The first-order valence-electron chi connectivity index (χ1n) is 10.6. The van der Waals surface area contributed by atoms with Crippen molar-refractivity contribution >= 4 is 68.3 Å². The summed E-state index contributed by atoms with van der Waals surface area (Å²) in [6.45, 7) is 0.218. The van der Waals surface area contributed by atoms with E-state index in [9.17, 15) is 14.4 Å². The first-order chi connectivity index (χ1) is 16.8. The van der Waals surface area contributed by atoms with Gasteiger partial charge in [-0.05, 0) is 60.2 Å². The molecule has 1 aliphatic rings. The maximum atomic E-state index is 13.4. The molecule has 0 radical (unpaired) electrons. The summed E-state index contributed by atoms with van der Waals surface area (Å²) in [7, 11) is 0. The van der Waals surface area contributed by atoms with Crippen LogP contribution in [0, 0.1) is 0 Å². The van der Waals surface area contributed by atoms with Crippen molar-refractivity contribution in [1.29, 1.82) is 0 Å². The fraction of sp³-hybridized carbons (Fsp3) is 0.120. The Morgan fingerprint density at radius 1 is 1.00 bits per heavy atom. The van der Waals surface area contributed by atoms with Gasteiger partial charge in [0, 0.05) is 20.7 Å². The van der Waals surface area contributed by atoms with Gasteiger partial charge >= 0.3 is 0 Å². The van der Waals surface area contributed by atoms with E-state index in [2.05, 4.69) is 26.7 Å². The summed E-state index contributed by atoms with van der Waals surface area (Å²) in [5.41, 5.74) is 4.46. The maximum absolute atomic E-state index is 13.4. The first-order valence-corrected chi connectivity index (χ1v) is 12.2. The zero-order chi connectivity index (χ0) is 24.9. The largest absolute Gasteiger partial charge is 0.326 e. The van der Waals surface area contributed by atoms with Crippen LogP contribution in [-0.4, -0.2) is 38.8 Å². The molecule has 0 bridgehead atoms. The van der Waals surface area contributed by atoms with E-state index in [1.807, 2.05) is 30.3 Å². The molecule has 0 saturated carbocycles. The summed E-state index contributed by atoms with van der Waals surface area (Å²) < 4.78 is 0.825. The van der Waals surface area contributed by atoms with Crippen molar-refractivity contribution in [3.8, 4) is 0 Å². The molecule has 1 saturated heterocycles. The fourth-order valence-corrected chi connectivity index (χ4v) is 4.37. The summed E-state index contributed by atoms with van der Waals surface area (Å²) in [6, 6.07) is 21.8. The smallest absolute Gasteiger partial charge is 0.269 e. The van der Waals surface area contributed by atoms with Gasteiger partial charge in [0.25, 0.3) is 11.8 Å². The summed E-state index contributed by atoms with van der Waals surface area (Å²) in [5.74, 6) is -1.25. The Bertz CT molecular complexity index is 1270. The highest BCUT2D eigenvalue weighted by Crippen LogP contribution is 2.23. The first kappa shape index (κ1) is 24.8. The molecular formula is C25H20BrClN4O3S. The van der Waals surface area contributed by atoms with Gasteiger partial charge in [0.1, 0.15) is 6.04 Å². The van der Waals surface area contributed by atoms with Crippen molar-refractivity contribution < 1.29 is 14.4 Å². The lowest BCUT2D eigenvalue weighted by atomic mass is 10.1. The average molecular weight is 572 g/mol. The van der Waals surface area contributed by atoms with E-state index >= 15 is 0 Å². The number of hydrogen-bond acceptors (Lipinski definition) is 4. The van der Waals surface area contributed by atoms with Crippen molar-refractivity contribution in [3.05, 3.63) is 99.5 Å². The topological polar surface area (TPSA) is 81.8 Å². The SMILES string of the molecule is O=C(CC1C(=O)N(Cc2ccccc2)C(=S)N1NC(=O)c1ccc(Br)cc1)Nc1cccc(Cl)c1. The number of hydrazine groups is 1. The van der Waals surface area contributed by atoms with Crippen molar-refractivity contribution in [1.82, 2.24) is 15.3 Å². The van der Waals surface area contributed by atoms with Crippen molar-refractivity contribution in [2.75, 3.05) is 5.32 Å². The highest BCUT2D eigenvalue weighted by molar-refractivity contribution is 9.10. The van der Waals surface area contributed by atoms with Crippen LogP contribution in [0.2, 0.25) is 5.02 Å². The maximum Gasteiger partial charge on any atom is 0.269 e. The number of nitrogens with one attached hydrogen (secondary N) is 2.